The number of anilines is 1. The van der Waals surface area contributed by atoms with Crippen molar-refractivity contribution in [2.24, 2.45) is 0 Å². The number of carbonyl (C=O) groups is 1. The predicted octanol–water partition coefficient (Wildman–Crippen LogP) is 1.82. The molecule has 1 fully saturated rings. The van der Waals surface area contributed by atoms with Gasteiger partial charge in [0.15, 0.2) is 0 Å². The Labute approximate surface area is 128 Å². The monoisotopic (exact) mass is 307 g/mol. The van der Waals surface area contributed by atoms with Gasteiger partial charge in [0.25, 0.3) is 5.69 Å². The van der Waals surface area contributed by atoms with Gasteiger partial charge in [-0.15, -0.1) is 0 Å². The molecule has 0 unspecified atom stereocenters. The number of nitrogens with zero attached hydrogens (tertiary/aromatic N) is 1. The second kappa shape index (κ2) is 7.22. The lowest BCUT2D eigenvalue weighted by molar-refractivity contribution is -0.383. The number of hydrogen-bond donors (Lipinski definition) is 3. The Morgan fingerprint density at radius 1 is 1.27 bits per heavy atom. The van der Waals surface area contributed by atoms with Crippen molar-refractivity contribution in [3.63, 3.8) is 0 Å². The lowest BCUT2D eigenvalue weighted by atomic mass is 9.85. The molecule has 1 saturated carbocycles. The molecule has 7 nitrogen and oxygen atoms in total. The number of benzene rings is 1. The fourth-order valence-corrected chi connectivity index (χ4v) is 2.67. The van der Waals surface area contributed by atoms with Crippen molar-refractivity contribution < 1.29 is 14.8 Å². The van der Waals surface area contributed by atoms with Crippen LogP contribution in [0.5, 0.6) is 0 Å². The van der Waals surface area contributed by atoms with E-state index in [1.54, 1.807) is 18.2 Å². The number of carbonyl (C=O) groups excluding carboxylic acids is 1. The van der Waals surface area contributed by atoms with Crippen LogP contribution in [0.25, 0.3) is 0 Å². The van der Waals surface area contributed by atoms with Gasteiger partial charge in [0.05, 0.1) is 17.1 Å². The maximum Gasteiger partial charge on any atom is 0.292 e. The molecule has 0 saturated heterocycles. The van der Waals surface area contributed by atoms with Crippen molar-refractivity contribution >= 4 is 17.3 Å². The molecule has 1 aromatic carbocycles. The second-order valence-corrected chi connectivity index (χ2v) is 5.69. The molecule has 0 atom stereocenters. The normalized spacial score (nSPS) is 16.8. The summed E-state index contributed by atoms with van der Waals surface area (Å²) in [6, 6.07) is 6.17. The highest BCUT2D eigenvalue weighted by molar-refractivity contribution is 5.81. The molecule has 0 aromatic heterocycles. The van der Waals surface area contributed by atoms with E-state index < -0.39 is 10.5 Å². The molecule has 1 aliphatic rings. The van der Waals surface area contributed by atoms with Gasteiger partial charge in [0.2, 0.25) is 5.91 Å². The Morgan fingerprint density at radius 2 is 1.95 bits per heavy atom. The van der Waals surface area contributed by atoms with Gasteiger partial charge in [-0.25, -0.2) is 0 Å². The van der Waals surface area contributed by atoms with Crippen LogP contribution >= 0.6 is 0 Å². The number of nitro benzene ring substituents is 1. The van der Waals surface area contributed by atoms with Crippen molar-refractivity contribution in [1.82, 2.24) is 5.32 Å². The summed E-state index contributed by atoms with van der Waals surface area (Å²) >= 11 is 0. The highest BCUT2D eigenvalue weighted by Gasteiger charge is 2.29. The third kappa shape index (κ3) is 4.42. The molecule has 1 amide bonds. The first-order valence-electron chi connectivity index (χ1n) is 7.47. The highest BCUT2D eigenvalue weighted by Crippen LogP contribution is 2.27. The van der Waals surface area contributed by atoms with Crippen LogP contribution in [0.15, 0.2) is 24.3 Å². The molecular formula is C15H21N3O4. The second-order valence-electron chi connectivity index (χ2n) is 5.69. The van der Waals surface area contributed by atoms with E-state index in [1.807, 2.05) is 0 Å². The summed E-state index contributed by atoms with van der Waals surface area (Å²) in [7, 11) is 0. The van der Waals surface area contributed by atoms with Crippen molar-refractivity contribution in [2.75, 3.05) is 18.4 Å². The quantitative estimate of drug-likeness (QED) is 0.549. The molecule has 22 heavy (non-hydrogen) atoms. The Hall–Kier alpha value is -2.15. The van der Waals surface area contributed by atoms with Crippen molar-refractivity contribution in [3.05, 3.63) is 34.4 Å². The van der Waals surface area contributed by atoms with Crippen molar-refractivity contribution in [3.8, 4) is 0 Å². The van der Waals surface area contributed by atoms with E-state index >= 15 is 0 Å². The van der Waals surface area contributed by atoms with Gasteiger partial charge in [-0.05, 0) is 18.9 Å². The first-order chi connectivity index (χ1) is 10.5. The van der Waals surface area contributed by atoms with E-state index in [9.17, 15) is 20.0 Å². The molecule has 1 aliphatic carbocycles. The maximum atomic E-state index is 11.8. The van der Waals surface area contributed by atoms with Crippen LogP contribution in [-0.2, 0) is 4.79 Å². The van der Waals surface area contributed by atoms with E-state index in [4.69, 9.17) is 0 Å². The van der Waals surface area contributed by atoms with Crippen LogP contribution in [-0.4, -0.2) is 34.6 Å². The number of rotatable bonds is 6. The topological polar surface area (TPSA) is 104 Å². The molecule has 3 N–H and O–H groups in total. The minimum absolute atomic E-state index is 0.0683. The zero-order valence-corrected chi connectivity index (χ0v) is 12.4. The lowest BCUT2D eigenvalue weighted by Gasteiger charge is -2.32. The van der Waals surface area contributed by atoms with E-state index in [2.05, 4.69) is 10.6 Å². The average molecular weight is 307 g/mol. The molecule has 1 aromatic rings. The standard InChI is InChI=1S/C15H21N3O4/c19-14(17-11-15(20)8-4-1-5-9-15)10-16-12-6-2-3-7-13(12)18(21)22/h2-3,6-7,16,20H,1,4-5,8-11H2,(H,17,19). The Balaban J connectivity index is 1.82. The molecular weight excluding hydrogens is 286 g/mol. The molecule has 0 spiro atoms. The minimum atomic E-state index is -0.813. The third-order valence-electron chi connectivity index (χ3n) is 3.94. The largest absolute Gasteiger partial charge is 0.388 e. The fourth-order valence-electron chi connectivity index (χ4n) is 2.67. The van der Waals surface area contributed by atoms with Gasteiger partial charge in [-0.3, -0.25) is 14.9 Å². The Morgan fingerprint density at radius 3 is 2.64 bits per heavy atom. The van der Waals surface area contributed by atoms with Gasteiger partial charge >= 0.3 is 0 Å². The van der Waals surface area contributed by atoms with Gasteiger partial charge in [0.1, 0.15) is 5.69 Å². The van der Waals surface area contributed by atoms with E-state index in [0.29, 0.717) is 18.5 Å². The summed E-state index contributed by atoms with van der Waals surface area (Å²) in [6.45, 7) is 0.158. The van der Waals surface area contributed by atoms with E-state index in [1.165, 1.54) is 6.07 Å². The van der Waals surface area contributed by atoms with E-state index in [-0.39, 0.29) is 24.7 Å². The Kier molecular flexibility index (Phi) is 5.32. The van der Waals surface area contributed by atoms with Gasteiger partial charge in [0, 0.05) is 12.6 Å². The van der Waals surface area contributed by atoms with Crippen LogP contribution in [0.4, 0.5) is 11.4 Å². The molecule has 0 radical (unpaired) electrons. The smallest absolute Gasteiger partial charge is 0.292 e. The van der Waals surface area contributed by atoms with Gasteiger partial charge < -0.3 is 15.7 Å². The first kappa shape index (κ1) is 16.2. The van der Waals surface area contributed by atoms with Gasteiger partial charge in [-0.2, -0.15) is 0 Å². The number of amides is 1. The molecule has 0 bridgehead atoms. The van der Waals surface area contributed by atoms with Crippen molar-refractivity contribution in [1.29, 1.82) is 0 Å². The van der Waals surface area contributed by atoms with Crippen LogP contribution in [0.3, 0.4) is 0 Å². The number of aliphatic hydroxyl groups is 1. The summed E-state index contributed by atoms with van der Waals surface area (Å²) in [5.41, 5.74) is -0.577. The minimum Gasteiger partial charge on any atom is -0.388 e. The number of para-hydroxylation sites is 2. The van der Waals surface area contributed by atoms with Crippen LogP contribution in [0, 0.1) is 10.1 Å². The lowest BCUT2D eigenvalue weighted by Crippen LogP contribution is -2.45. The SMILES string of the molecule is O=C(CNc1ccccc1[N+](=O)[O-])NCC1(O)CCCCC1. The maximum absolute atomic E-state index is 11.8. The molecule has 120 valence electrons. The molecule has 7 heteroatoms. The van der Waals surface area contributed by atoms with Gasteiger partial charge in [-0.1, -0.05) is 31.4 Å². The first-order valence-corrected chi connectivity index (χ1v) is 7.47. The Bertz CT molecular complexity index is 541. The summed E-state index contributed by atoms with van der Waals surface area (Å²) in [5.74, 6) is -0.294. The summed E-state index contributed by atoms with van der Waals surface area (Å²) in [4.78, 5) is 22.2. The summed E-state index contributed by atoms with van der Waals surface area (Å²) in [5, 5.41) is 26.6. The fraction of sp³-hybridized carbons (Fsp3) is 0.533. The number of nitro groups is 1. The zero-order valence-electron chi connectivity index (χ0n) is 12.4. The van der Waals surface area contributed by atoms with Crippen LogP contribution in [0.2, 0.25) is 0 Å². The van der Waals surface area contributed by atoms with Crippen LogP contribution < -0.4 is 10.6 Å². The molecule has 0 heterocycles. The van der Waals surface area contributed by atoms with Crippen molar-refractivity contribution in [2.45, 2.75) is 37.7 Å². The number of hydrogen-bond acceptors (Lipinski definition) is 5. The highest BCUT2D eigenvalue weighted by atomic mass is 16.6. The third-order valence-corrected chi connectivity index (χ3v) is 3.94. The zero-order chi connectivity index (χ0) is 16.0. The van der Waals surface area contributed by atoms with Crippen LogP contribution in [0.1, 0.15) is 32.1 Å². The number of nitrogens with one attached hydrogen (secondary N) is 2. The summed E-state index contributed by atoms with van der Waals surface area (Å²) < 4.78 is 0. The van der Waals surface area contributed by atoms with E-state index in [0.717, 1.165) is 19.3 Å². The summed E-state index contributed by atoms with van der Waals surface area (Å²) in [6.07, 6.45) is 4.47. The average Bonchev–Trinajstić information content (AvgIpc) is 2.52. The molecule has 2 rings (SSSR count). The predicted molar refractivity (Wildman–Crippen MR) is 82.6 cm³/mol. The molecule has 0 aliphatic heterocycles.